The van der Waals surface area contributed by atoms with E-state index in [0.29, 0.717) is 11.1 Å². The summed E-state index contributed by atoms with van der Waals surface area (Å²) in [5.41, 5.74) is 3.89. The van der Waals surface area contributed by atoms with Crippen molar-refractivity contribution < 1.29 is 18.4 Å². The van der Waals surface area contributed by atoms with Crippen LogP contribution < -0.4 is 5.32 Å². The van der Waals surface area contributed by atoms with Gasteiger partial charge in [-0.15, -0.1) is 0 Å². The van der Waals surface area contributed by atoms with E-state index in [1.807, 2.05) is 36.4 Å². The van der Waals surface area contributed by atoms with Crippen LogP contribution in [0.3, 0.4) is 0 Å². The van der Waals surface area contributed by atoms with Crippen LogP contribution in [0.2, 0.25) is 0 Å². The summed E-state index contributed by atoms with van der Waals surface area (Å²) in [6.07, 6.45) is 3.44. The fourth-order valence-electron chi connectivity index (χ4n) is 4.41. The molecular weight excluding hydrogens is 448 g/mol. The first-order valence-electron chi connectivity index (χ1n) is 11.1. The van der Waals surface area contributed by atoms with E-state index < -0.39 is 23.6 Å². The van der Waals surface area contributed by atoms with Crippen molar-refractivity contribution in [1.29, 1.82) is 0 Å². The quantitative estimate of drug-likeness (QED) is 0.430. The molecule has 1 aliphatic rings. The maximum Gasteiger partial charge on any atom is 0.255 e. The first-order chi connectivity index (χ1) is 17.0. The molecule has 1 aromatic heterocycles. The fourth-order valence-corrected chi connectivity index (χ4v) is 4.41. The van der Waals surface area contributed by atoms with Crippen LogP contribution in [0, 0.1) is 11.6 Å². The number of pyridine rings is 1. The van der Waals surface area contributed by atoms with Crippen LogP contribution in [0.25, 0.3) is 11.1 Å². The third kappa shape index (κ3) is 4.40. The first-order valence-corrected chi connectivity index (χ1v) is 11.1. The van der Waals surface area contributed by atoms with Gasteiger partial charge in [-0.3, -0.25) is 14.6 Å². The van der Waals surface area contributed by atoms with Gasteiger partial charge in [0.15, 0.2) is 0 Å². The summed E-state index contributed by atoms with van der Waals surface area (Å²) < 4.78 is 27.3. The highest BCUT2D eigenvalue weighted by molar-refractivity contribution is 6.04. The Morgan fingerprint density at radius 1 is 0.914 bits per heavy atom. The van der Waals surface area contributed by atoms with Crippen LogP contribution in [0.1, 0.15) is 33.1 Å². The highest BCUT2D eigenvalue weighted by Gasteiger charge is 2.41. The zero-order valence-corrected chi connectivity index (χ0v) is 18.6. The topological polar surface area (TPSA) is 62.3 Å². The molecule has 0 saturated heterocycles. The van der Waals surface area contributed by atoms with Crippen LogP contribution >= 0.6 is 0 Å². The van der Waals surface area contributed by atoms with Crippen LogP contribution in [0.4, 0.5) is 8.78 Å². The van der Waals surface area contributed by atoms with E-state index in [1.54, 1.807) is 36.7 Å². The second kappa shape index (κ2) is 9.46. The van der Waals surface area contributed by atoms with E-state index in [2.05, 4.69) is 10.3 Å². The number of rotatable bonds is 6. The Morgan fingerprint density at radius 3 is 2.46 bits per heavy atom. The Morgan fingerprint density at radius 2 is 1.69 bits per heavy atom. The smallest absolute Gasteiger partial charge is 0.255 e. The number of halogens is 2. The van der Waals surface area contributed by atoms with Gasteiger partial charge >= 0.3 is 0 Å². The minimum atomic E-state index is -0.885. The summed E-state index contributed by atoms with van der Waals surface area (Å²) in [5.74, 6) is -2.12. The Balaban J connectivity index is 1.45. The standard InChI is InChI=1S/C28H21F2N3O2/c29-21-12-11-19(25(30)14-21)16-32-27(34)26-23-9-3-4-10-24(23)28(35)33(26)17-20-6-1-2-8-22(20)18-7-5-13-31-15-18/h1-15,26H,16-17H2,(H,32,34). The largest absolute Gasteiger partial charge is 0.350 e. The van der Waals surface area contributed by atoms with Gasteiger partial charge in [0.1, 0.15) is 17.7 Å². The molecule has 0 bridgehead atoms. The van der Waals surface area contributed by atoms with Crippen molar-refractivity contribution in [3.8, 4) is 11.1 Å². The zero-order chi connectivity index (χ0) is 24.4. The van der Waals surface area contributed by atoms with Crippen molar-refractivity contribution in [2.45, 2.75) is 19.1 Å². The maximum atomic E-state index is 14.1. The molecule has 1 N–H and O–H groups in total. The lowest BCUT2D eigenvalue weighted by Crippen LogP contribution is -2.38. The Labute approximate surface area is 201 Å². The minimum Gasteiger partial charge on any atom is -0.350 e. The van der Waals surface area contributed by atoms with Crippen molar-refractivity contribution >= 4 is 11.8 Å². The molecule has 35 heavy (non-hydrogen) atoms. The summed E-state index contributed by atoms with van der Waals surface area (Å²) in [6.45, 7) is 0.0689. The number of carbonyl (C=O) groups is 2. The van der Waals surface area contributed by atoms with Crippen molar-refractivity contribution in [3.63, 3.8) is 0 Å². The molecule has 174 valence electrons. The van der Waals surface area contributed by atoms with E-state index in [1.165, 1.54) is 11.0 Å². The van der Waals surface area contributed by atoms with Crippen LogP contribution in [0.15, 0.2) is 91.3 Å². The number of amides is 2. The van der Waals surface area contributed by atoms with E-state index in [9.17, 15) is 18.4 Å². The number of carbonyl (C=O) groups excluding carboxylic acids is 2. The molecule has 1 atom stereocenters. The van der Waals surface area contributed by atoms with Gasteiger partial charge in [0.2, 0.25) is 5.91 Å². The number of aromatic nitrogens is 1. The lowest BCUT2D eigenvalue weighted by Gasteiger charge is -2.26. The molecule has 4 aromatic rings. The Kier molecular flexibility index (Phi) is 6.06. The average molecular weight is 469 g/mol. The van der Waals surface area contributed by atoms with Crippen molar-refractivity contribution in [1.82, 2.24) is 15.2 Å². The molecule has 3 aromatic carbocycles. The third-order valence-electron chi connectivity index (χ3n) is 6.11. The summed E-state index contributed by atoms with van der Waals surface area (Å²) in [5, 5.41) is 2.72. The minimum absolute atomic E-state index is 0.127. The van der Waals surface area contributed by atoms with Crippen molar-refractivity contribution in [2.24, 2.45) is 0 Å². The molecule has 5 nitrogen and oxygen atoms in total. The molecule has 0 saturated carbocycles. The number of fused-ring (bicyclic) bond motifs is 1. The van der Waals surface area contributed by atoms with E-state index in [0.717, 1.165) is 28.8 Å². The van der Waals surface area contributed by atoms with E-state index >= 15 is 0 Å². The van der Waals surface area contributed by atoms with Gasteiger partial charge in [-0.05, 0) is 34.9 Å². The molecule has 2 amide bonds. The SMILES string of the molecule is O=C(NCc1ccc(F)cc1F)C1c2ccccc2C(=O)N1Cc1ccccc1-c1cccnc1. The van der Waals surface area contributed by atoms with Gasteiger partial charge in [0.05, 0.1) is 0 Å². The number of benzene rings is 3. The highest BCUT2D eigenvalue weighted by Crippen LogP contribution is 2.36. The normalized spacial score (nSPS) is 14.6. The number of nitrogens with zero attached hydrogens (tertiary/aromatic N) is 2. The Bertz CT molecular complexity index is 1410. The summed E-state index contributed by atoms with van der Waals surface area (Å²) in [7, 11) is 0. The summed E-state index contributed by atoms with van der Waals surface area (Å²) >= 11 is 0. The molecule has 0 fully saturated rings. The second-order valence-electron chi connectivity index (χ2n) is 8.28. The predicted molar refractivity (Wildman–Crippen MR) is 127 cm³/mol. The van der Waals surface area contributed by atoms with Gasteiger partial charge in [-0.1, -0.05) is 54.6 Å². The molecule has 1 aliphatic heterocycles. The van der Waals surface area contributed by atoms with Crippen LogP contribution in [-0.2, 0) is 17.9 Å². The summed E-state index contributed by atoms with van der Waals surface area (Å²) in [6, 6.07) is 20.8. The van der Waals surface area contributed by atoms with Gasteiger partial charge in [-0.2, -0.15) is 0 Å². The molecule has 0 radical (unpaired) electrons. The second-order valence-corrected chi connectivity index (χ2v) is 8.28. The lowest BCUT2D eigenvalue weighted by molar-refractivity contribution is -0.125. The molecule has 0 spiro atoms. The van der Waals surface area contributed by atoms with Gasteiger partial charge in [0.25, 0.3) is 5.91 Å². The molecule has 2 heterocycles. The van der Waals surface area contributed by atoms with Gasteiger partial charge in [-0.25, -0.2) is 8.78 Å². The maximum absolute atomic E-state index is 14.1. The summed E-state index contributed by atoms with van der Waals surface area (Å²) in [4.78, 5) is 32.4. The molecule has 5 rings (SSSR count). The van der Waals surface area contributed by atoms with E-state index in [-0.39, 0.29) is 24.6 Å². The fraction of sp³-hybridized carbons (Fsp3) is 0.107. The van der Waals surface area contributed by atoms with Crippen molar-refractivity contribution in [2.75, 3.05) is 0 Å². The zero-order valence-electron chi connectivity index (χ0n) is 18.6. The monoisotopic (exact) mass is 469 g/mol. The average Bonchev–Trinajstić information content (AvgIpc) is 3.16. The van der Waals surface area contributed by atoms with Gasteiger partial charge < -0.3 is 10.2 Å². The van der Waals surface area contributed by atoms with Crippen molar-refractivity contribution in [3.05, 3.63) is 125 Å². The lowest BCUT2D eigenvalue weighted by atomic mass is 10.00. The van der Waals surface area contributed by atoms with Crippen LogP contribution in [-0.4, -0.2) is 21.7 Å². The van der Waals surface area contributed by atoms with Gasteiger partial charge in [0, 0.05) is 48.2 Å². The molecule has 0 aliphatic carbocycles. The highest BCUT2D eigenvalue weighted by atomic mass is 19.1. The number of hydrogen-bond donors (Lipinski definition) is 1. The Hall–Kier alpha value is -4.39. The van der Waals surface area contributed by atoms with Crippen LogP contribution in [0.5, 0.6) is 0 Å². The first kappa shape index (κ1) is 22.4. The predicted octanol–water partition coefficient (Wildman–Crippen LogP) is 5.04. The molecule has 7 heteroatoms. The third-order valence-corrected chi connectivity index (χ3v) is 6.11. The molecular formula is C28H21F2N3O2. The van der Waals surface area contributed by atoms with E-state index in [4.69, 9.17) is 0 Å². The molecule has 1 unspecified atom stereocenters. The number of nitrogens with one attached hydrogen (secondary N) is 1. The number of hydrogen-bond acceptors (Lipinski definition) is 3.